The number of ether oxygens (including phenoxy) is 1. The molecule has 10 heteroatoms. The molecule has 0 aromatic carbocycles. The number of thiazole rings is 1. The van der Waals surface area contributed by atoms with Crippen molar-refractivity contribution in [3.8, 4) is 0 Å². The minimum Gasteiger partial charge on any atom is -0.394 e. The van der Waals surface area contributed by atoms with Crippen LogP contribution >= 0.6 is 24.0 Å². The number of ketones is 1. The van der Waals surface area contributed by atoms with Gasteiger partial charge in [0.05, 0.1) is 22.4 Å². The number of carbonyl (C=O) groups is 1. The second-order valence-corrected chi connectivity index (χ2v) is 7.96. The van der Waals surface area contributed by atoms with Gasteiger partial charge in [-0.1, -0.05) is 11.3 Å². The van der Waals surface area contributed by atoms with Crippen LogP contribution in [0.1, 0.15) is 23.5 Å². The average molecular weight is 364 g/mol. The van der Waals surface area contributed by atoms with Gasteiger partial charge in [-0.2, -0.15) is 12.6 Å². The fourth-order valence-electron chi connectivity index (χ4n) is 2.09. The first kappa shape index (κ1) is 18.6. The van der Waals surface area contributed by atoms with E-state index in [-0.39, 0.29) is 5.78 Å². The molecule has 1 saturated heterocycles. The van der Waals surface area contributed by atoms with Gasteiger partial charge in [0.2, 0.25) is 0 Å². The van der Waals surface area contributed by atoms with E-state index in [0.717, 1.165) is 11.3 Å². The molecular weight excluding hydrogens is 344 g/mol. The number of rotatable bonds is 5. The number of Topliss-reactive ketones (excluding diaryl/α,β-unsaturated/α-hetero) is 1. The van der Waals surface area contributed by atoms with Crippen molar-refractivity contribution in [3.63, 3.8) is 0 Å². The molecule has 0 bridgehead atoms. The summed E-state index contributed by atoms with van der Waals surface area (Å²) in [5, 5.41) is 41.6. The monoisotopic (exact) mass is 364 g/mol. The second kappa shape index (κ2) is 7.01. The molecule has 8 nitrogen and oxygen atoms in total. The molecule has 2 heterocycles. The highest BCUT2D eigenvalue weighted by Gasteiger charge is 2.43. The van der Waals surface area contributed by atoms with Gasteiger partial charge in [0, 0.05) is 0 Å². The lowest BCUT2D eigenvalue weighted by Gasteiger charge is -2.40. The highest BCUT2D eigenvalue weighted by molar-refractivity contribution is 7.82. The number of carbonyl (C=O) groups excluding carboxylic acids is 1. The molecular formula is C13H20N2O6S2. The Balaban J connectivity index is 2.10. The number of hydrogen-bond donors (Lipinski definition) is 6. The first-order valence-corrected chi connectivity index (χ1v) is 8.21. The van der Waals surface area contributed by atoms with Gasteiger partial charge in [-0.25, -0.2) is 4.98 Å². The lowest BCUT2D eigenvalue weighted by molar-refractivity contribution is -0.221. The molecule has 1 aromatic rings. The summed E-state index contributed by atoms with van der Waals surface area (Å²) in [7, 11) is 0. The Morgan fingerprint density at radius 1 is 1.39 bits per heavy atom. The van der Waals surface area contributed by atoms with Crippen LogP contribution < -0.4 is 5.32 Å². The lowest BCUT2D eigenvalue weighted by Crippen LogP contribution is -2.60. The zero-order chi connectivity index (χ0) is 17.4. The zero-order valence-electron chi connectivity index (χ0n) is 12.6. The van der Waals surface area contributed by atoms with Gasteiger partial charge >= 0.3 is 0 Å². The van der Waals surface area contributed by atoms with Gasteiger partial charge in [0.25, 0.3) is 0 Å². The Kier molecular flexibility index (Phi) is 5.67. The predicted molar refractivity (Wildman–Crippen MR) is 86.9 cm³/mol. The van der Waals surface area contributed by atoms with Crippen molar-refractivity contribution in [2.45, 2.75) is 49.2 Å². The van der Waals surface area contributed by atoms with Crippen molar-refractivity contribution >= 4 is 34.9 Å². The van der Waals surface area contributed by atoms with Crippen molar-refractivity contribution in [3.05, 3.63) is 11.1 Å². The van der Waals surface area contributed by atoms with E-state index in [9.17, 15) is 20.1 Å². The van der Waals surface area contributed by atoms with Crippen LogP contribution in [0.4, 0.5) is 5.13 Å². The smallest absolute Gasteiger partial charge is 0.189 e. The van der Waals surface area contributed by atoms with E-state index in [1.807, 2.05) is 0 Å². The highest BCUT2D eigenvalue weighted by atomic mass is 32.1. The summed E-state index contributed by atoms with van der Waals surface area (Å²) in [6.07, 6.45) is -5.02. The number of nitrogens with zero attached hydrogens (tertiary/aromatic N) is 1. The normalized spacial score (nSPS) is 31.9. The summed E-state index contributed by atoms with van der Waals surface area (Å²) < 4.78 is 4.48. The summed E-state index contributed by atoms with van der Waals surface area (Å²) in [4.78, 5) is 16.5. The fraction of sp³-hybridized carbons (Fsp3) is 0.692. The SMILES string of the molecule is CC(C)(S)C(=O)c1cnc(NC2OC(CO)C(O)C(O)C2O)s1. The predicted octanol–water partition coefficient (Wildman–Crippen LogP) is -0.754. The number of nitrogens with one attached hydrogen (secondary N) is 1. The van der Waals surface area contributed by atoms with Gasteiger partial charge in [-0.15, -0.1) is 0 Å². The molecule has 1 aliphatic heterocycles. The minimum absolute atomic E-state index is 0.194. The number of anilines is 1. The van der Waals surface area contributed by atoms with Gasteiger partial charge < -0.3 is 30.5 Å². The van der Waals surface area contributed by atoms with Gasteiger partial charge in [-0.05, 0) is 13.8 Å². The van der Waals surface area contributed by atoms with Crippen molar-refractivity contribution in [1.82, 2.24) is 4.98 Å². The molecule has 2 rings (SSSR count). The molecule has 0 amide bonds. The zero-order valence-corrected chi connectivity index (χ0v) is 14.3. The molecule has 1 aliphatic rings. The van der Waals surface area contributed by atoms with Crippen molar-refractivity contribution < 1.29 is 30.0 Å². The maximum Gasteiger partial charge on any atom is 0.189 e. The molecule has 5 atom stereocenters. The summed E-state index contributed by atoms with van der Waals surface area (Å²) in [5.41, 5.74) is 0. The molecule has 130 valence electrons. The largest absolute Gasteiger partial charge is 0.394 e. The maximum absolute atomic E-state index is 12.1. The topological polar surface area (TPSA) is 132 Å². The molecule has 0 radical (unpaired) electrons. The third kappa shape index (κ3) is 4.02. The Labute approximate surface area is 142 Å². The Bertz CT molecular complexity index is 559. The standard InChI is InChI=1S/C13H20N2O6S2/c1-13(2,22)10(20)6-3-14-12(23-6)15-11-9(19)8(18)7(17)5(4-16)21-11/h3,5,7-9,11,16-19,22H,4H2,1-2H3,(H,14,15). The quantitative estimate of drug-likeness (QED) is 0.297. The van der Waals surface area contributed by atoms with Gasteiger partial charge in [0.15, 0.2) is 17.1 Å². The Morgan fingerprint density at radius 3 is 2.61 bits per heavy atom. The minimum atomic E-state index is -1.48. The fourth-order valence-corrected chi connectivity index (χ4v) is 3.23. The first-order valence-electron chi connectivity index (χ1n) is 6.95. The van der Waals surface area contributed by atoms with Crippen LogP contribution in [-0.2, 0) is 4.74 Å². The molecule has 23 heavy (non-hydrogen) atoms. The third-order valence-electron chi connectivity index (χ3n) is 3.44. The first-order chi connectivity index (χ1) is 10.6. The average Bonchev–Trinajstić information content (AvgIpc) is 2.94. The number of hydrogen-bond acceptors (Lipinski definition) is 10. The van der Waals surface area contributed by atoms with Crippen LogP contribution in [0.5, 0.6) is 0 Å². The lowest BCUT2D eigenvalue weighted by atomic mass is 9.98. The third-order valence-corrected chi connectivity index (χ3v) is 4.57. The van der Waals surface area contributed by atoms with Crippen molar-refractivity contribution in [1.29, 1.82) is 0 Å². The summed E-state index contributed by atoms with van der Waals surface area (Å²) in [6.45, 7) is 2.82. The Morgan fingerprint density at radius 2 is 2.04 bits per heavy atom. The molecule has 5 N–H and O–H groups in total. The molecule has 5 unspecified atom stereocenters. The van der Waals surface area contributed by atoms with Gasteiger partial charge in [0.1, 0.15) is 24.4 Å². The molecule has 0 spiro atoms. The van der Waals surface area contributed by atoms with Gasteiger partial charge in [-0.3, -0.25) is 4.79 Å². The van der Waals surface area contributed by atoms with E-state index in [0.29, 0.717) is 10.0 Å². The highest BCUT2D eigenvalue weighted by Crippen LogP contribution is 2.28. The molecule has 1 aromatic heterocycles. The van der Waals surface area contributed by atoms with Crippen LogP contribution in [-0.4, -0.2) is 73.2 Å². The number of aromatic nitrogens is 1. The van der Waals surface area contributed by atoms with Crippen LogP contribution in [0.15, 0.2) is 6.20 Å². The number of thiol groups is 1. The summed E-state index contributed by atoms with van der Waals surface area (Å²) >= 11 is 5.27. The number of aliphatic hydroxyl groups is 4. The van der Waals surface area contributed by atoms with E-state index >= 15 is 0 Å². The van der Waals surface area contributed by atoms with E-state index < -0.39 is 42.0 Å². The van der Waals surface area contributed by atoms with Crippen LogP contribution in [0.3, 0.4) is 0 Å². The summed E-state index contributed by atoms with van der Waals surface area (Å²) in [5.74, 6) is -0.194. The molecule has 0 saturated carbocycles. The second-order valence-electron chi connectivity index (χ2n) is 5.81. The van der Waals surface area contributed by atoms with Crippen LogP contribution in [0, 0.1) is 0 Å². The molecule has 0 aliphatic carbocycles. The van der Waals surface area contributed by atoms with E-state index in [1.165, 1.54) is 6.20 Å². The molecule has 1 fully saturated rings. The van der Waals surface area contributed by atoms with Crippen LogP contribution in [0.25, 0.3) is 0 Å². The van der Waals surface area contributed by atoms with E-state index in [4.69, 9.17) is 9.84 Å². The van der Waals surface area contributed by atoms with Crippen molar-refractivity contribution in [2.24, 2.45) is 0 Å². The van der Waals surface area contributed by atoms with E-state index in [2.05, 4.69) is 22.9 Å². The van der Waals surface area contributed by atoms with Crippen LogP contribution in [0.2, 0.25) is 0 Å². The Hall–Kier alpha value is -0.750. The number of aliphatic hydroxyl groups excluding tert-OH is 4. The maximum atomic E-state index is 12.1. The van der Waals surface area contributed by atoms with E-state index in [1.54, 1.807) is 13.8 Å². The summed E-state index contributed by atoms with van der Waals surface area (Å²) in [6, 6.07) is 0. The van der Waals surface area contributed by atoms with Crippen molar-refractivity contribution in [2.75, 3.05) is 11.9 Å².